The summed E-state index contributed by atoms with van der Waals surface area (Å²) in [6, 6.07) is 3.65. The molecule has 3 heterocycles. The molecule has 4 rings (SSSR count). The number of phenolic OH excluding ortho intramolecular Hbond substituents is 1. The Balaban J connectivity index is 1.44. The molecule has 0 radical (unpaired) electrons. The number of ether oxygens (including phenoxy) is 2. The van der Waals surface area contributed by atoms with Crippen LogP contribution in [-0.4, -0.2) is 59.1 Å². The Labute approximate surface area is 190 Å². The number of halogens is 3. The number of fused-ring (bicyclic) bond motifs is 1. The smallest absolute Gasteiger partial charge is 0.508 e. The molecule has 33 heavy (non-hydrogen) atoms. The van der Waals surface area contributed by atoms with Gasteiger partial charge in [-0.3, -0.25) is 0 Å². The molecule has 0 aliphatic carbocycles. The number of likely N-dealkylation sites (tertiary alicyclic amines) is 1. The van der Waals surface area contributed by atoms with Crippen LogP contribution >= 0.6 is 0 Å². The maximum absolute atomic E-state index is 12.8. The number of phenols is 1. The minimum Gasteiger partial charge on any atom is -0.508 e. The van der Waals surface area contributed by atoms with Gasteiger partial charge in [0, 0.05) is 24.7 Å². The number of nitrogens with zero attached hydrogens (tertiary/aromatic N) is 4. The lowest BCUT2D eigenvalue weighted by Crippen LogP contribution is -2.33. The van der Waals surface area contributed by atoms with Crippen molar-refractivity contribution in [1.29, 1.82) is 0 Å². The third-order valence-electron chi connectivity index (χ3n) is 5.88. The van der Waals surface area contributed by atoms with Crippen molar-refractivity contribution in [3.63, 3.8) is 0 Å². The molecular formula is C22H28F3N5O3. The molecule has 11 heteroatoms. The zero-order chi connectivity index (χ0) is 23.4. The Hall–Kier alpha value is -2.95. The van der Waals surface area contributed by atoms with Gasteiger partial charge >= 0.3 is 12.4 Å². The SMILES string of the molecule is Nc1nc(OCCCN2CCCCC2)nc2c1CCN(c1cc(O)ccc1OC(F)(F)F)C2. The van der Waals surface area contributed by atoms with E-state index in [0.717, 1.165) is 43.8 Å². The van der Waals surface area contributed by atoms with Crippen molar-refractivity contribution < 1.29 is 27.8 Å². The van der Waals surface area contributed by atoms with Crippen LogP contribution in [0.2, 0.25) is 0 Å². The number of anilines is 2. The normalized spacial score (nSPS) is 17.0. The Kier molecular flexibility index (Phi) is 6.96. The maximum atomic E-state index is 12.8. The molecule has 0 saturated carbocycles. The molecule has 0 amide bonds. The molecule has 1 aromatic heterocycles. The minimum absolute atomic E-state index is 0.124. The summed E-state index contributed by atoms with van der Waals surface area (Å²) < 4.78 is 48.4. The lowest BCUT2D eigenvalue weighted by atomic mass is 10.0. The Morgan fingerprint density at radius 3 is 2.64 bits per heavy atom. The summed E-state index contributed by atoms with van der Waals surface area (Å²) in [5.41, 5.74) is 7.58. The molecule has 2 aliphatic rings. The number of rotatable bonds is 7. The number of hydrogen-bond acceptors (Lipinski definition) is 8. The van der Waals surface area contributed by atoms with Crippen LogP contribution in [0.15, 0.2) is 18.2 Å². The van der Waals surface area contributed by atoms with E-state index in [1.165, 1.54) is 25.3 Å². The molecule has 3 N–H and O–H groups in total. The molecular weight excluding hydrogens is 439 g/mol. The zero-order valence-corrected chi connectivity index (χ0v) is 18.3. The van der Waals surface area contributed by atoms with Crippen LogP contribution in [0.25, 0.3) is 0 Å². The van der Waals surface area contributed by atoms with Crippen molar-refractivity contribution in [3.05, 3.63) is 29.5 Å². The Bertz CT molecular complexity index is 967. The second kappa shape index (κ2) is 9.90. The van der Waals surface area contributed by atoms with Gasteiger partial charge in [0.2, 0.25) is 0 Å². The van der Waals surface area contributed by atoms with Crippen LogP contribution < -0.4 is 20.1 Å². The van der Waals surface area contributed by atoms with E-state index in [9.17, 15) is 18.3 Å². The number of nitrogens with two attached hydrogens (primary N) is 1. The van der Waals surface area contributed by atoms with Crippen LogP contribution in [0.5, 0.6) is 17.5 Å². The number of alkyl halides is 3. The van der Waals surface area contributed by atoms with E-state index in [1.807, 2.05) is 0 Å². The first kappa shape index (κ1) is 23.2. The fourth-order valence-electron chi connectivity index (χ4n) is 4.30. The minimum atomic E-state index is -4.85. The Morgan fingerprint density at radius 2 is 1.88 bits per heavy atom. The van der Waals surface area contributed by atoms with Crippen LogP contribution in [0.4, 0.5) is 24.7 Å². The largest absolute Gasteiger partial charge is 0.573 e. The topological polar surface area (TPSA) is 97.0 Å². The molecule has 8 nitrogen and oxygen atoms in total. The third kappa shape index (κ3) is 6.10. The summed E-state index contributed by atoms with van der Waals surface area (Å²) >= 11 is 0. The van der Waals surface area contributed by atoms with Crippen molar-refractivity contribution >= 4 is 11.5 Å². The van der Waals surface area contributed by atoms with E-state index >= 15 is 0 Å². The summed E-state index contributed by atoms with van der Waals surface area (Å²) in [5.74, 6) is -0.237. The second-order valence-electron chi connectivity index (χ2n) is 8.29. The predicted octanol–water partition coefficient (Wildman–Crippen LogP) is 3.48. The van der Waals surface area contributed by atoms with E-state index in [0.29, 0.717) is 31.1 Å². The highest BCUT2D eigenvalue weighted by Gasteiger charge is 2.33. The van der Waals surface area contributed by atoms with Gasteiger partial charge in [-0.05, 0) is 50.9 Å². The first-order chi connectivity index (χ1) is 15.8. The molecule has 1 fully saturated rings. The van der Waals surface area contributed by atoms with E-state index < -0.39 is 6.36 Å². The Morgan fingerprint density at radius 1 is 1.09 bits per heavy atom. The lowest BCUT2D eigenvalue weighted by molar-refractivity contribution is -0.274. The van der Waals surface area contributed by atoms with Crippen LogP contribution in [0, 0.1) is 0 Å². The number of piperidine rings is 1. The van der Waals surface area contributed by atoms with E-state index in [4.69, 9.17) is 10.5 Å². The summed E-state index contributed by atoms with van der Waals surface area (Å²) in [6.07, 6.45) is 0.193. The van der Waals surface area contributed by atoms with Gasteiger partial charge in [0.05, 0.1) is 24.5 Å². The van der Waals surface area contributed by atoms with Gasteiger partial charge in [-0.25, -0.2) is 0 Å². The highest BCUT2D eigenvalue weighted by Crippen LogP contribution is 2.38. The van der Waals surface area contributed by atoms with Gasteiger partial charge in [-0.15, -0.1) is 13.2 Å². The summed E-state index contributed by atoms with van der Waals surface area (Å²) in [4.78, 5) is 12.8. The number of benzene rings is 1. The van der Waals surface area contributed by atoms with Gasteiger partial charge in [0.15, 0.2) is 5.75 Å². The number of aromatic nitrogens is 2. The third-order valence-corrected chi connectivity index (χ3v) is 5.88. The standard InChI is InChI=1S/C22H28F3N5O3/c23-22(24,25)33-19-6-5-15(31)13-18(19)30-11-7-16-17(14-30)27-21(28-20(16)26)32-12-4-10-29-8-2-1-3-9-29/h5-6,13,31H,1-4,7-12,14H2,(H2,26,27,28). The van der Waals surface area contributed by atoms with Crippen molar-refractivity contribution in [2.45, 2.75) is 45.0 Å². The maximum Gasteiger partial charge on any atom is 0.573 e. The van der Waals surface area contributed by atoms with Gasteiger partial charge < -0.3 is 30.1 Å². The molecule has 1 saturated heterocycles. The predicted molar refractivity (Wildman–Crippen MR) is 116 cm³/mol. The average Bonchev–Trinajstić information content (AvgIpc) is 2.77. The first-order valence-corrected chi connectivity index (χ1v) is 11.1. The monoisotopic (exact) mass is 467 g/mol. The van der Waals surface area contributed by atoms with E-state index in [-0.39, 0.29) is 29.7 Å². The fraction of sp³-hybridized carbons (Fsp3) is 0.545. The average molecular weight is 467 g/mol. The van der Waals surface area contributed by atoms with Gasteiger partial charge in [0.1, 0.15) is 11.6 Å². The van der Waals surface area contributed by atoms with Crippen LogP contribution in [0.1, 0.15) is 36.9 Å². The van der Waals surface area contributed by atoms with Crippen molar-refractivity contribution in [2.75, 3.05) is 43.4 Å². The number of hydrogen-bond donors (Lipinski definition) is 2. The first-order valence-electron chi connectivity index (χ1n) is 11.1. The number of aromatic hydroxyl groups is 1. The summed E-state index contributed by atoms with van der Waals surface area (Å²) in [6.45, 7) is 4.20. The molecule has 0 bridgehead atoms. The highest BCUT2D eigenvalue weighted by molar-refractivity contribution is 5.63. The second-order valence-corrected chi connectivity index (χ2v) is 8.29. The number of nitrogen functional groups attached to an aromatic ring is 1. The van der Waals surface area contributed by atoms with Crippen molar-refractivity contribution in [3.8, 4) is 17.5 Å². The lowest BCUT2D eigenvalue weighted by Gasteiger charge is -2.31. The van der Waals surface area contributed by atoms with Gasteiger partial charge in [-0.2, -0.15) is 9.97 Å². The highest BCUT2D eigenvalue weighted by atomic mass is 19.4. The van der Waals surface area contributed by atoms with Crippen LogP contribution in [-0.2, 0) is 13.0 Å². The van der Waals surface area contributed by atoms with E-state index in [2.05, 4.69) is 19.6 Å². The zero-order valence-electron chi connectivity index (χ0n) is 18.3. The molecule has 180 valence electrons. The molecule has 0 unspecified atom stereocenters. The van der Waals surface area contributed by atoms with E-state index in [1.54, 1.807) is 4.90 Å². The summed E-state index contributed by atoms with van der Waals surface area (Å²) in [5, 5.41) is 9.83. The molecule has 2 aromatic rings. The molecule has 2 aliphatic heterocycles. The van der Waals surface area contributed by atoms with Crippen molar-refractivity contribution in [1.82, 2.24) is 14.9 Å². The van der Waals surface area contributed by atoms with Gasteiger partial charge in [-0.1, -0.05) is 6.42 Å². The van der Waals surface area contributed by atoms with Crippen LogP contribution in [0.3, 0.4) is 0 Å². The molecule has 0 spiro atoms. The molecule has 0 atom stereocenters. The van der Waals surface area contributed by atoms with Gasteiger partial charge in [0.25, 0.3) is 0 Å². The molecule has 1 aromatic carbocycles. The summed E-state index contributed by atoms with van der Waals surface area (Å²) in [7, 11) is 0. The van der Waals surface area contributed by atoms with Crippen molar-refractivity contribution in [2.24, 2.45) is 0 Å². The fourth-order valence-corrected chi connectivity index (χ4v) is 4.30. The quantitative estimate of drug-likeness (QED) is 0.598.